The Bertz CT molecular complexity index is 720. The van der Waals surface area contributed by atoms with Crippen molar-refractivity contribution in [3.8, 4) is 11.5 Å². The van der Waals surface area contributed by atoms with Gasteiger partial charge in [-0.2, -0.15) is 0 Å². The third-order valence-corrected chi connectivity index (χ3v) is 3.82. The molecule has 0 radical (unpaired) electrons. The monoisotopic (exact) mass is 455 g/mol. The number of benzene rings is 2. The van der Waals surface area contributed by atoms with E-state index in [1.165, 1.54) is 11.1 Å². The van der Waals surface area contributed by atoms with Crippen molar-refractivity contribution in [2.75, 3.05) is 26.1 Å². The Morgan fingerprint density at radius 2 is 1.92 bits per heavy atom. The Kier molecular flexibility index (Phi) is 8.54. The van der Waals surface area contributed by atoms with Crippen molar-refractivity contribution in [3.63, 3.8) is 0 Å². The number of hydrogen-bond donors (Lipinski definition) is 2. The molecule has 0 bridgehead atoms. The third kappa shape index (κ3) is 6.12. The molecule has 2 aromatic rings. The lowest BCUT2D eigenvalue weighted by Crippen LogP contribution is -2.23. The molecule has 1 unspecified atom stereocenters. The van der Waals surface area contributed by atoms with Crippen molar-refractivity contribution in [1.82, 2.24) is 0 Å². The summed E-state index contributed by atoms with van der Waals surface area (Å²) in [6, 6.07) is 13.9. The summed E-state index contributed by atoms with van der Waals surface area (Å²) in [6.45, 7) is 4.83. The standard InChI is InChI=1S/C19H25N3O2.HI/c1-13-6-5-7-15(10-13)14(2)12-21-19(20)22-17-11-16(23-3)8-9-18(17)24-4;/h5-11,14H,12H2,1-4H3,(H3,20,21,22);1H. The number of guanidine groups is 1. The molecule has 0 aliphatic heterocycles. The minimum Gasteiger partial charge on any atom is -0.497 e. The van der Waals surface area contributed by atoms with Crippen molar-refractivity contribution in [1.29, 1.82) is 0 Å². The first-order valence-electron chi connectivity index (χ1n) is 7.89. The Hall–Kier alpha value is -1.96. The summed E-state index contributed by atoms with van der Waals surface area (Å²) >= 11 is 0. The number of nitrogens with zero attached hydrogens (tertiary/aromatic N) is 1. The number of nitrogens with one attached hydrogen (secondary N) is 1. The van der Waals surface area contributed by atoms with Gasteiger partial charge in [-0.05, 0) is 24.6 Å². The van der Waals surface area contributed by atoms with Crippen LogP contribution < -0.4 is 20.5 Å². The number of aryl methyl sites for hydroxylation is 1. The van der Waals surface area contributed by atoms with Crippen LogP contribution >= 0.6 is 24.0 Å². The molecule has 0 spiro atoms. The van der Waals surface area contributed by atoms with Gasteiger partial charge in [0.05, 0.1) is 19.9 Å². The van der Waals surface area contributed by atoms with Gasteiger partial charge in [0.2, 0.25) is 0 Å². The summed E-state index contributed by atoms with van der Waals surface area (Å²) in [4.78, 5) is 4.44. The van der Waals surface area contributed by atoms with Crippen LogP contribution in [-0.4, -0.2) is 26.7 Å². The van der Waals surface area contributed by atoms with Crippen LogP contribution in [0.4, 0.5) is 5.69 Å². The number of halogens is 1. The van der Waals surface area contributed by atoms with E-state index in [2.05, 4.69) is 48.4 Å². The molecule has 0 amide bonds. The molecule has 0 heterocycles. The summed E-state index contributed by atoms with van der Waals surface area (Å²) in [6.07, 6.45) is 0. The molecule has 6 heteroatoms. The molecule has 5 nitrogen and oxygen atoms in total. The fraction of sp³-hybridized carbons (Fsp3) is 0.316. The second-order valence-electron chi connectivity index (χ2n) is 5.73. The average molecular weight is 455 g/mol. The zero-order valence-corrected chi connectivity index (χ0v) is 17.4. The molecule has 136 valence electrons. The molecule has 25 heavy (non-hydrogen) atoms. The Morgan fingerprint density at radius 1 is 1.16 bits per heavy atom. The van der Waals surface area contributed by atoms with E-state index < -0.39 is 0 Å². The number of nitrogens with two attached hydrogens (primary N) is 1. The van der Waals surface area contributed by atoms with E-state index in [0.717, 1.165) is 11.4 Å². The topological polar surface area (TPSA) is 68.9 Å². The molecule has 1 atom stereocenters. The lowest BCUT2D eigenvalue weighted by atomic mass is 10.00. The van der Waals surface area contributed by atoms with E-state index in [1.54, 1.807) is 14.2 Å². The first-order valence-corrected chi connectivity index (χ1v) is 7.89. The number of aliphatic imine (C=N–C) groups is 1. The van der Waals surface area contributed by atoms with Gasteiger partial charge in [-0.25, -0.2) is 0 Å². The molecule has 2 aromatic carbocycles. The predicted molar refractivity (Wildman–Crippen MR) is 115 cm³/mol. The number of hydrogen-bond acceptors (Lipinski definition) is 3. The molecular weight excluding hydrogens is 429 g/mol. The zero-order chi connectivity index (χ0) is 17.5. The molecule has 0 aliphatic carbocycles. The minimum atomic E-state index is 0. The van der Waals surface area contributed by atoms with Crippen LogP contribution in [-0.2, 0) is 0 Å². The maximum absolute atomic E-state index is 6.02. The van der Waals surface area contributed by atoms with E-state index in [-0.39, 0.29) is 29.9 Å². The van der Waals surface area contributed by atoms with Crippen LogP contribution in [0.2, 0.25) is 0 Å². The highest BCUT2D eigenvalue weighted by atomic mass is 127. The van der Waals surface area contributed by atoms with Crippen molar-refractivity contribution in [2.24, 2.45) is 10.7 Å². The van der Waals surface area contributed by atoms with E-state index in [0.29, 0.717) is 18.3 Å². The highest BCUT2D eigenvalue weighted by Crippen LogP contribution is 2.28. The minimum absolute atomic E-state index is 0. The van der Waals surface area contributed by atoms with Gasteiger partial charge in [-0.1, -0.05) is 36.8 Å². The summed E-state index contributed by atoms with van der Waals surface area (Å²) in [5.74, 6) is 2.04. The second-order valence-corrected chi connectivity index (χ2v) is 5.73. The quantitative estimate of drug-likeness (QED) is 0.390. The third-order valence-electron chi connectivity index (χ3n) is 3.82. The Balaban J connectivity index is 0.00000312. The zero-order valence-electron chi connectivity index (χ0n) is 15.1. The number of methoxy groups -OCH3 is 2. The van der Waals surface area contributed by atoms with E-state index >= 15 is 0 Å². The fourth-order valence-electron chi connectivity index (χ4n) is 2.41. The maximum Gasteiger partial charge on any atom is 0.193 e. The lowest BCUT2D eigenvalue weighted by molar-refractivity contribution is 0.405. The van der Waals surface area contributed by atoms with Gasteiger partial charge in [0.1, 0.15) is 11.5 Å². The number of ether oxygens (including phenoxy) is 2. The molecule has 0 fully saturated rings. The number of rotatable bonds is 6. The molecule has 0 saturated heterocycles. The van der Waals surface area contributed by atoms with Crippen LogP contribution in [0, 0.1) is 6.92 Å². The molecular formula is C19H26IN3O2. The molecule has 0 aromatic heterocycles. The van der Waals surface area contributed by atoms with Crippen molar-refractivity contribution < 1.29 is 9.47 Å². The first-order chi connectivity index (χ1) is 11.5. The maximum atomic E-state index is 6.02. The van der Waals surface area contributed by atoms with Gasteiger partial charge in [-0.15, -0.1) is 24.0 Å². The smallest absolute Gasteiger partial charge is 0.193 e. The highest BCUT2D eigenvalue weighted by Gasteiger charge is 2.08. The molecule has 0 saturated carbocycles. The van der Waals surface area contributed by atoms with Crippen molar-refractivity contribution in [3.05, 3.63) is 53.6 Å². The summed E-state index contributed by atoms with van der Waals surface area (Å²) < 4.78 is 10.6. The predicted octanol–water partition coefficient (Wildman–Crippen LogP) is 4.16. The molecule has 0 aliphatic rings. The molecule has 3 N–H and O–H groups in total. The lowest BCUT2D eigenvalue weighted by Gasteiger charge is -2.13. The van der Waals surface area contributed by atoms with Gasteiger partial charge in [0.25, 0.3) is 0 Å². The van der Waals surface area contributed by atoms with Crippen LogP contribution in [0.15, 0.2) is 47.5 Å². The van der Waals surface area contributed by atoms with Gasteiger partial charge in [-0.3, -0.25) is 4.99 Å². The van der Waals surface area contributed by atoms with Gasteiger partial charge in [0, 0.05) is 18.5 Å². The van der Waals surface area contributed by atoms with Crippen molar-refractivity contribution >= 4 is 35.6 Å². The molecule has 2 rings (SSSR count). The van der Waals surface area contributed by atoms with Gasteiger partial charge < -0.3 is 20.5 Å². The van der Waals surface area contributed by atoms with Gasteiger partial charge >= 0.3 is 0 Å². The summed E-state index contributed by atoms with van der Waals surface area (Å²) in [5, 5.41) is 3.08. The Labute approximate surface area is 166 Å². The van der Waals surface area contributed by atoms with Crippen LogP contribution in [0.25, 0.3) is 0 Å². The second kappa shape index (κ2) is 10.1. The van der Waals surface area contributed by atoms with Gasteiger partial charge in [0.15, 0.2) is 5.96 Å². The SMILES string of the molecule is COc1ccc(OC)c(NC(N)=NCC(C)c2cccc(C)c2)c1.I. The van der Waals surface area contributed by atoms with Crippen LogP contribution in [0.3, 0.4) is 0 Å². The summed E-state index contributed by atoms with van der Waals surface area (Å²) in [7, 11) is 3.23. The van der Waals surface area contributed by atoms with E-state index in [1.807, 2.05) is 18.2 Å². The van der Waals surface area contributed by atoms with E-state index in [4.69, 9.17) is 15.2 Å². The largest absolute Gasteiger partial charge is 0.497 e. The van der Waals surface area contributed by atoms with Crippen LogP contribution in [0.1, 0.15) is 24.0 Å². The van der Waals surface area contributed by atoms with Crippen LogP contribution in [0.5, 0.6) is 11.5 Å². The highest BCUT2D eigenvalue weighted by molar-refractivity contribution is 14.0. The normalized spacial score (nSPS) is 12.1. The Morgan fingerprint density at radius 3 is 2.56 bits per heavy atom. The fourth-order valence-corrected chi connectivity index (χ4v) is 2.41. The summed E-state index contributed by atoms with van der Waals surface area (Å²) in [5.41, 5.74) is 9.24. The van der Waals surface area contributed by atoms with Crippen molar-refractivity contribution in [2.45, 2.75) is 19.8 Å². The average Bonchev–Trinajstić information content (AvgIpc) is 2.59. The number of anilines is 1. The van der Waals surface area contributed by atoms with E-state index in [9.17, 15) is 0 Å². The first kappa shape index (κ1) is 21.1.